The summed E-state index contributed by atoms with van der Waals surface area (Å²) in [5, 5.41) is 0. The molecule has 0 aromatic carbocycles. The van der Waals surface area contributed by atoms with Gasteiger partial charge >= 0.3 is 0 Å². The van der Waals surface area contributed by atoms with Crippen molar-refractivity contribution in [2.75, 3.05) is 6.54 Å². The SMILES string of the molecule is CC(CN)(C1CC1)N1C(=O)C2CCCCC2C1=O. The molecule has 3 rings (SSSR count). The van der Waals surface area contributed by atoms with Gasteiger partial charge in [0.05, 0.1) is 17.4 Å². The van der Waals surface area contributed by atoms with Gasteiger partial charge in [-0.2, -0.15) is 0 Å². The smallest absolute Gasteiger partial charge is 0.233 e. The fourth-order valence-corrected chi connectivity index (χ4v) is 3.81. The summed E-state index contributed by atoms with van der Waals surface area (Å²) < 4.78 is 0. The molecule has 4 nitrogen and oxygen atoms in total. The van der Waals surface area contributed by atoms with Crippen LogP contribution in [-0.2, 0) is 9.59 Å². The normalized spacial score (nSPS) is 35.6. The number of hydrogen-bond donors (Lipinski definition) is 1. The average molecular weight is 250 g/mol. The number of nitrogens with zero attached hydrogens (tertiary/aromatic N) is 1. The van der Waals surface area contributed by atoms with E-state index < -0.39 is 5.54 Å². The number of likely N-dealkylation sites (tertiary alicyclic amines) is 1. The van der Waals surface area contributed by atoms with Crippen molar-refractivity contribution in [3.8, 4) is 0 Å². The highest BCUT2D eigenvalue weighted by molar-refractivity contribution is 6.06. The summed E-state index contributed by atoms with van der Waals surface area (Å²) in [6.07, 6.45) is 6.13. The van der Waals surface area contributed by atoms with Crippen molar-refractivity contribution in [2.45, 2.75) is 51.0 Å². The van der Waals surface area contributed by atoms with Crippen LogP contribution >= 0.6 is 0 Å². The third kappa shape index (κ3) is 1.54. The monoisotopic (exact) mass is 250 g/mol. The van der Waals surface area contributed by atoms with Gasteiger partial charge in [0.2, 0.25) is 11.8 Å². The fraction of sp³-hybridized carbons (Fsp3) is 0.857. The maximum atomic E-state index is 12.5. The van der Waals surface area contributed by atoms with Crippen molar-refractivity contribution in [3.05, 3.63) is 0 Å². The molecule has 2 N–H and O–H groups in total. The summed E-state index contributed by atoms with van der Waals surface area (Å²) >= 11 is 0. The Balaban J connectivity index is 1.92. The van der Waals surface area contributed by atoms with Crippen LogP contribution in [0.4, 0.5) is 0 Å². The molecule has 0 aromatic rings. The van der Waals surface area contributed by atoms with Gasteiger partial charge in [-0.15, -0.1) is 0 Å². The Hall–Kier alpha value is -0.900. The molecule has 0 radical (unpaired) electrons. The van der Waals surface area contributed by atoms with E-state index >= 15 is 0 Å². The lowest BCUT2D eigenvalue weighted by atomic mass is 9.81. The molecule has 3 aliphatic rings. The lowest BCUT2D eigenvalue weighted by molar-refractivity contribution is -0.147. The zero-order chi connectivity index (χ0) is 12.9. The number of carbonyl (C=O) groups is 2. The molecule has 3 unspecified atom stereocenters. The predicted molar refractivity (Wildman–Crippen MR) is 67.5 cm³/mol. The van der Waals surface area contributed by atoms with Crippen LogP contribution in [0.3, 0.4) is 0 Å². The van der Waals surface area contributed by atoms with Crippen LogP contribution in [0, 0.1) is 17.8 Å². The summed E-state index contributed by atoms with van der Waals surface area (Å²) in [5.41, 5.74) is 5.47. The van der Waals surface area contributed by atoms with Crippen LogP contribution in [0.5, 0.6) is 0 Å². The first-order valence-corrected chi connectivity index (χ1v) is 7.17. The van der Waals surface area contributed by atoms with Crippen LogP contribution in [0.25, 0.3) is 0 Å². The Kier molecular flexibility index (Phi) is 2.73. The molecule has 1 saturated heterocycles. The fourth-order valence-electron chi connectivity index (χ4n) is 3.81. The van der Waals surface area contributed by atoms with E-state index in [0.29, 0.717) is 12.5 Å². The summed E-state index contributed by atoms with van der Waals surface area (Å²) in [7, 11) is 0. The number of carbonyl (C=O) groups excluding carboxylic acids is 2. The third-order valence-electron chi connectivity index (χ3n) is 5.22. The van der Waals surface area contributed by atoms with Gasteiger partial charge in [-0.25, -0.2) is 0 Å². The van der Waals surface area contributed by atoms with Crippen LogP contribution in [0.1, 0.15) is 45.4 Å². The van der Waals surface area contributed by atoms with Gasteiger partial charge in [0.1, 0.15) is 0 Å². The predicted octanol–water partition coefficient (Wildman–Crippen LogP) is 1.29. The van der Waals surface area contributed by atoms with Gasteiger partial charge in [-0.05, 0) is 38.5 Å². The minimum atomic E-state index is -0.425. The molecule has 100 valence electrons. The molecule has 3 fully saturated rings. The number of nitrogens with two attached hydrogens (primary N) is 1. The lowest BCUT2D eigenvalue weighted by Crippen LogP contribution is -2.56. The Bertz CT molecular complexity index is 367. The quantitative estimate of drug-likeness (QED) is 0.768. The Morgan fingerprint density at radius 3 is 2.00 bits per heavy atom. The zero-order valence-electron chi connectivity index (χ0n) is 11.0. The van der Waals surface area contributed by atoms with E-state index in [1.165, 1.54) is 0 Å². The molecule has 1 heterocycles. The molecule has 1 aliphatic heterocycles. The number of fused-ring (bicyclic) bond motifs is 1. The highest BCUT2D eigenvalue weighted by atomic mass is 16.2. The van der Waals surface area contributed by atoms with Crippen molar-refractivity contribution in [1.82, 2.24) is 4.90 Å². The molecule has 18 heavy (non-hydrogen) atoms. The minimum absolute atomic E-state index is 0.0455. The molecule has 0 bridgehead atoms. The van der Waals surface area contributed by atoms with Gasteiger partial charge in [0.25, 0.3) is 0 Å². The zero-order valence-corrected chi connectivity index (χ0v) is 11.0. The Morgan fingerprint density at radius 2 is 1.61 bits per heavy atom. The standard InChI is InChI=1S/C14H22N2O2/c1-14(8-15,9-6-7-9)16-12(17)10-4-2-3-5-11(10)13(16)18/h9-11H,2-8,15H2,1H3. The largest absolute Gasteiger partial charge is 0.328 e. The second kappa shape index (κ2) is 4.05. The number of imide groups is 1. The van der Waals surface area contributed by atoms with Crippen molar-refractivity contribution < 1.29 is 9.59 Å². The van der Waals surface area contributed by atoms with E-state index in [1.54, 1.807) is 4.90 Å². The highest BCUT2D eigenvalue weighted by Gasteiger charge is 2.57. The number of hydrogen-bond acceptors (Lipinski definition) is 3. The first-order chi connectivity index (χ1) is 8.59. The Morgan fingerprint density at radius 1 is 1.11 bits per heavy atom. The van der Waals surface area contributed by atoms with Gasteiger partial charge in [-0.1, -0.05) is 12.8 Å². The molecule has 4 heteroatoms. The van der Waals surface area contributed by atoms with Crippen LogP contribution in [-0.4, -0.2) is 28.8 Å². The number of rotatable bonds is 3. The second-order valence-electron chi connectivity index (χ2n) is 6.34. The van der Waals surface area contributed by atoms with Gasteiger partial charge in [-0.3, -0.25) is 14.5 Å². The van der Waals surface area contributed by atoms with Crippen molar-refractivity contribution in [2.24, 2.45) is 23.5 Å². The van der Waals surface area contributed by atoms with Crippen LogP contribution in [0.15, 0.2) is 0 Å². The molecule has 2 aliphatic carbocycles. The van der Waals surface area contributed by atoms with Gasteiger partial charge < -0.3 is 5.73 Å². The van der Waals surface area contributed by atoms with Crippen LogP contribution in [0.2, 0.25) is 0 Å². The Labute approximate surface area is 108 Å². The summed E-state index contributed by atoms with van der Waals surface area (Å²) in [4.78, 5) is 26.6. The molecular formula is C14H22N2O2. The molecule has 0 spiro atoms. The van der Waals surface area contributed by atoms with Crippen molar-refractivity contribution in [1.29, 1.82) is 0 Å². The van der Waals surface area contributed by atoms with E-state index in [2.05, 4.69) is 0 Å². The van der Waals surface area contributed by atoms with Gasteiger partial charge in [0, 0.05) is 6.54 Å². The topological polar surface area (TPSA) is 63.4 Å². The first-order valence-electron chi connectivity index (χ1n) is 7.17. The first kappa shape index (κ1) is 12.2. The van der Waals surface area contributed by atoms with Crippen molar-refractivity contribution in [3.63, 3.8) is 0 Å². The summed E-state index contributed by atoms with van der Waals surface area (Å²) in [6, 6.07) is 0. The molecule has 3 atom stereocenters. The van der Waals surface area contributed by atoms with E-state index in [-0.39, 0.29) is 23.7 Å². The maximum absolute atomic E-state index is 12.5. The minimum Gasteiger partial charge on any atom is -0.328 e. The van der Waals surface area contributed by atoms with Crippen LogP contribution < -0.4 is 5.73 Å². The number of amides is 2. The third-order valence-corrected chi connectivity index (χ3v) is 5.22. The second-order valence-corrected chi connectivity index (χ2v) is 6.34. The lowest BCUT2D eigenvalue weighted by Gasteiger charge is -2.37. The van der Waals surface area contributed by atoms with E-state index in [4.69, 9.17) is 5.73 Å². The van der Waals surface area contributed by atoms with Gasteiger partial charge in [0.15, 0.2) is 0 Å². The highest BCUT2D eigenvalue weighted by Crippen LogP contribution is 2.48. The van der Waals surface area contributed by atoms with E-state index in [0.717, 1.165) is 38.5 Å². The maximum Gasteiger partial charge on any atom is 0.233 e. The molecule has 2 amide bonds. The van der Waals surface area contributed by atoms with E-state index in [9.17, 15) is 9.59 Å². The average Bonchev–Trinajstić information content (AvgIpc) is 3.19. The summed E-state index contributed by atoms with van der Waals surface area (Å²) in [6.45, 7) is 2.40. The molecular weight excluding hydrogens is 228 g/mol. The molecule has 2 saturated carbocycles. The van der Waals surface area contributed by atoms with Crippen molar-refractivity contribution >= 4 is 11.8 Å². The summed E-state index contributed by atoms with van der Waals surface area (Å²) in [5.74, 6) is 0.455. The molecule has 0 aromatic heterocycles. The van der Waals surface area contributed by atoms with E-state index in [1.807, 2.05) is 6.92 Å².